The lowest BCUT2D eigenvalue weighted by molar-refractivity contribution is 0.493. The molecule has 0 fully saturated rings. The second-order valence-electron chi connectivity index (χ2n) is 2.36. The van der Waals surface area contributed by atoms with Gasteiger partial charge in [0.25, 0.3) is 0 Å². The quantitative estimate of drug-likeness (QED) is 0.746. The van der Waals surface area contributed by atoms with Crippen LogP contribution in [-0.4, -0.2) is 14.7 Å². The molecule has 1 aromatic carbocycles. The van der Waals surface area contributed by atoms with E-state index in [2.05, 4.69) is 4.18 Å². The molecule has 0 atom stereocenters. The van der Waals surface area contributed by atoms with Gasteiger partial charge in [0.2, 0.25) is 0 Å². The average Bonchev–Trinajstić information content (AvgIpc) is 1.93. The summed E-state index contributed by atoms with van der Waals surface area (Å²) in [7, 11) is -3.54. The first-order chi connectivity index (χ1) is 5.88. The average molecular weight is 241 g/mol. The molecular weight excluding hydrogens is 235 g/mol. The maximum absolute atomic E-state index is 10.7. The van der Waals surface area contributed by atoms with E-state index in [1.54, 1.807) is 0 Å². The molecule has 72 valence electrons. The third-order valence-corrected chi connectivity index (χ3v) is 2.15. The highest BCUT2D eigenvalue weighted by molar-refractivity contribution is 7.86. The first-order valence-electron chi connectivity index (χ1n) is 3.23. The lowest BCUT2D eigenvalue weighted by atomic mass is 10.3. The van der Waals surface area contributed by atoms with Crippen LogP contribution in [-0.2, 0) is 10.1 Å². The van der Waals surface area contributed by atoms with E-state index in [1.165, 1.54) is 18.2 Å². The molecule has 0 saturated heterocycles. The van der Waals surface area contributed by atoms with Gasteiger partial charge in [-0.1, -0.05) is 23.2 Å². The maximum atomic E-state index is 10.7. The molecule has 0 heterocycles. The molecule has 0 unspecified atom stereocenters. The van der Waals surface area contributed by atoms with Crippen molar-refractivity contribution in [1.82, 2.24) is 0 Å². The number of halogens is 2. The van der Waals surface area contributed by atoms with Crippen molar-refractivity contribution < 1.29 is 12.6 Å². The van der Waals surface area contributed by atoms with Crippen LogP contribution in [0.3, 0.4) is 0 Å². The Morgan fingerprint density at radius 2 is 1.92 bits per heavy atom. The maximum Gasteiger partial charge on any atom is 0.306 e. The standard InChI is InChI=1S/C7H6Cl2O3S/c1-13(10,11)12-7-3-2-5(8)4-6(7)9/h2-4H,1H3. The van der Waals surface area contributed by atoms with Crippen LogP contribution in [0.5, 0.6) is 5.75 Å². The smallest absolute Gasteiger partial charge is 0.306 e. The molecule has 0 N–H and O–H groups in total. The fourth-order valence-corrected chi connectivity index (χ4v) is 1.67. The van der Waals surface area contributed by atoms with Gasteiger partial charge in [0, 0.05) is 5.02 Å². The third-order valence-electron chi connectivity index (χ3n) is 1.14. The van der Waals surface area contributed by atoms with Crippen LogP contribution in [0.25, 0.3) is 0 Å². The summed E-state index contributed by atoms with van der Waals surface area (Å²) in [6, 6.07) is 4.29. The normalized spacial score (nSPS) is 11.3. The van der Waals surface area contributed by atoms with Crippen LogP contribution in [0, 0.1) is 0 Å². The van der Waals surface area contributed by atoms with E-state index in [9.17, 15) is 8.42 Å². The van der Waals surface area contributed by atoms with E-state index in [0.29, 0.717) is 5.02 Å². The summed E-state index contributed by atoms with van der Waals surface area (Å²) in [5, 5.41) is 0.587. The van der Waals surface area contributed by atoms with Crippen molar-refractivity contribution in [3.05, 3.63) is 28.2 Å². The van der Waals surface area contributed by atoms with Crippen LogP contribution >= 0.6 is 23.2 Å². The molecule has 13 heavy (non-hydrogen) atoms. The first-order valence-corrected chi connectivity index (χ1v) is 5.80. The van der Waals surface area contributed by atoms with Crippen molar-refractivity contribution in [2.24, 2.45) is 0 Å². The van der Waals surface area contributed by atoms with Gasteiger partial charge in [-0.05, 0) is 18.2 Å². The lowest BCUT2D eigenvalue weighted by Gasteiger charge is -2.04. The highest BCUT2D eigenvalue weighted by Gasteiger charge is 2.08. The summed E-state index contributed by atoms with van der Waals surface area (Å²) in [5.74, 6) is 0.0774. The minimum atomic E-state index is -3.54. The van der Waals surface area contributed by atoms with Gasteiger partial charge in [-0.25, -0.2) is 0 Å². The fraction of sp³-hybridized carbons (Fsp3) is 0.143. The van der Waals surface area contributed by atoms with Gasteiger partial charge in [0.1, 0.15) is 0 Å². The van der Waals surface area contributed by atoms with Crippen molar-refractivity contribution >= 4 is 33.3 Å². The number of rotatable bonds is 2. The molecule has 0 amide bonds. The Balaban J connectivity index is 3.04. The molecule has 0 aliphatic rings. The lowest BCUT2D eigenvalue weighted by Crippen LogP contribution is -2.05. The van der Waals surface area contributed by atoms with E-state index in [1.807, 2.05) is 0 Å². The van der Waals surface area contributed by atoms with E-state index in [0.717, 1.165) is 6.26 Å². The van der Waals surface area contributed by atoms with Gasteiger partial charge in [0.05, 0.1) is 11.3 Å². The fourth-order valence-electron chi connectivity index (χ4n) is 0.706. The van der Waals surface area contributed by atoms with E-state index in [-0.39, 0.29) is 10.8 Å². The molecule has 0 spiro atoms. The topological polar surface area (TPSA) is 43.4 Å². The third kappa shape index (κ3) is 3.42. The molecule has 0 aromatic heterocycles. The zero-order chi connectivity index (χ0) is 10.1. The molecular formula is C7H6Cl2O3S. The Kier molecular flexibility index (Phi) is 3.05. The zero-order valence-corrected chi connectivity index (χ0v) is 8.95. The Labute approximate surface area is 86.4 Å². The summed E-state index contributed by atoms with van der Waals surface area (Å²) >= 11 is 11.3. The van der Waals surface area contributed by atoms with Gasteiger partial charge in [-0.15, -0.1) is 0 Å². The molecule has 1 rings (SSSR count). The van der Waals surface area contributed by atoms with Crippen molar-refractivity contribution in [2.45, 2.75) is 0 Å². The largest absolute Gasteiger partial charge is 0.381 e. The predicted molar refractivity (Wildman–Crippen MR) is 51.9 cm³/mol. The molecule has 6 heteroatoms. The molecule has 0 aliphatic heterocycles. The van der Waals surface area contributed by atoms with Crippen molar-refractivity contribution in [2.75, 3.05) is 6.26 Å². The highest BCUT2D eigenvalue weighted by Crippen LogP contribution is 2.28. The minimum absolute atomic E-state index is 0.0774. The Morgan fingerprint density at radius 3 is 2.38 bits per heavy atom. The number of hydrogen-bond acceptors (Lipinski definition) is 3. The monoisotopic (exact) mass is 240 g/mol. The summed E-state index contributed by atoms with van der Waals surface area (Å²) in [6.07, 6.45) is 0.942. The van der Waals surface area contributed by atoms with Gasteiger partial charge in [0.15, 0.2) is 5.75 Å². The molecule has 3 nitrogen and oxygen atoms in total. The highest BCUT2D eigenvalue weighted by atomic mass is 35.5. The summed E-state index contributed by atoms with van der Waals surface area (Å²) < 4.78 is 26.0. The molecule has 1 aromatic rings. The molecule has 0 saturated carbocycles. The van der Waals surface area contributed by atoms with Crippen LogP contribution in [0.4, 0.5) is 0 Å². The van der Waals surface area contributed by atoms with E-state index in [4.69, 9.17) is 23.2 Å². The van der Waals surface area contributed by atoms with Gasteiger partial charge < -0.3 is 4.18 Å². The zero-order valence-electron chi connectivity index (χ0n) is 6.62. The SMILES string of the molecule is CS(=O)(=O)Oc1ccc(Cl)cc1Cl. The predicted octanol–water partition coefficient (Wildman–Crippen LogP) is 2.33. The Morgan fingerprint density at radius 1 is 1.31 bits per heavy atom. The summed E-state index contributed by atoms with van der Waals surface area (Å²) in [4.78, 5) is 0. The van der Waals surface area contributed by atoms with Crippen molar-refractivity contribution in [1.29, 1.82) is 0 Å². The van der Waals surface area contributed by atoms with Gasteiger partial charge in [-0.2, -0.15) is 8.42 Å². The second kappa shape index (κ2) is 3.74. The Bertz CT molecular complexity index is 414. The van der Waals surface area contributed by atoms with Gasteiger partial charge >= 0.3 is 10.1 Å². The first kappa shape index (κ1) is 10.6. The summed E-state index contributed by atoms with van der Waals surface area (Å²) in [6.45, 7) is 0. The second-order valence-corrected chi connectivity index (χ2v) is 4.78. The van der Waals surface area contributed by atoms with E-state index >= 15 is 0 Å². The van der Waals surface area contributed by atoms with Crippen LogP contribution < -0.4 is 4.18 Å². The minimum Gasteiger partial charge on any atom is -0.381 e. The number of hydrogen-bond donors (Lipinski definition) is 0. The molecule has 0 bridgehead atoms. The summed E-state index contributed by atoms with van der Waals surface area (Å²) in [5.41, 5.74) is 0. The molecule has 0 aliphatic carbocycles. The number of benzene rings is 1. The Hall–Kier alpha value is -0.450. The van der Waals surface area contributed by atoms with Crippen LogP contribution in [0.15, 0.2) is 18.2 Å². The molecule has 0 radical (unpaired) electrons. The van der Waals surface area contributed by atoms with Crippen molar-refractivity contribution in [3.63, 3.8) is 0 Å². The van der Waals surface area contributed by atoms with Crippen LogP contribution in [0.1, 0.15) is 0 Å². The van der Waals surface area contributed by atoms with E-state index < -0.39 is 10.1 Å². The van der Waals surface area contributed by atoms with Crippen LogP contribution in [0.2, 0.25) is 10.0 Å². The van der Waals surface area contributed by atoms with Gasteiger partial charge in [-0.3, -0.25) is 0 Å². The van der Waals surface area contributed by atoms with Crippen molar-refractivity contribution in [3.8, 4) is 5.75 Å².